The van der Waals surface area contributed by atoms with Gasteiger partial charge < -0.3 is 15.8 Å². The molecule has 0 aromatic heterocycles. The van der Waals surface area contributed by atoms with Crippen LogP contribution in [0.4, 0.5) is 4.79 Å². The molecule has 4 rings (SSSR count). The van der Waals surface area contributed by atoms with Crippen LogP contribution in [-0.4, -0.2) is 42.8 Å². The predicted molar refractivity (Wildman–Crippen MR) is 120 cm³/mol. The highest BCUT2D eigenvalue weighted by molar-refractivity contribution is 6.00. The van der Waals surface area contributed by atoms with Gasteiger partial charge in [0.05, 0.1) is 0 Å². The molecule has 164 valence electrons. The van der Waals surface area contributed by atoms with Crippen LogP contribution in [0.2, 0.25) is 0 Å². The maximum absolute atomic E-state index is 13.6. The topological polar surface area (TPSA) is 84.7 Å². The Bertz CT molecular complexity index is 913. The molecule has 31 heavy (non-hydrogen) atoms. The summed E-state index contributed by atoms with van der Waals surface area (Å²) in [5.41, 5.74) is 9.00. The summed E-state index contributed by atoms with van der Waals surface area (Å²) in [6.45, 7) is 4.48. The van der Waals surface area contributed by atoms with Crippen molar-refractivity contribution in [1.29, 1.82) is 0 Å². The van der Waals surface area contributed by atoms with Crippen molar-refractivity contribution in [3.05, 3.63) is 59.7 Å². The maximum Gasteiger partial charge on any atom is 0.406 e. The number of carbonyl (C=O) groups is 2. The Morgan fingerprint density at radius 3 is 2.29 bits per heavy atom. The van der Waals surface area contributed by atoms with Crippen molar-refractivity contribution in [2.75, 3.05) is 19.6 Å². The third-order valence-electron chi connectivity index (χ3n) is 6.56. The number of hydrogen-bond donors (Lipinski definition) is 2. The van der Waals surface area contributed by atoms with E-state index in [0.29, 0.717) is 6.54 Å². The van der Waals surface area contributed by atoms with Crippen LogP contribution in [0.5, 0.6) is 0 Å². The number of benzene rings is 2. The zero-order valence-electron chi connectivity index (χ0n) is 18.1. The van der Waals surface area contributed by atoms with Gasteiger partial charge >= 0.3 is 6.09 Å². The number of fused-ring (bicyclic) bond motifs is 3. The first kappa shape index (κ1) is 21.4. The van der Waals surface area contributed by atoms with Gasteiger partial charge in [-0.2, -0.15) is 0 Å². The lowest BCUT2D eigenvalue weighted by Gasteiger charge is -2.39. The molecule has 1 unspecified atom stereocenters. The number of hydrogen-bond acceptors (Lipinski definition) is 4. The number of ether oxygens (including phenoxy) is 1. The highest BCUT2D eigenvalue weighted by Gasteiger charge is 2.48. The second-order valence-electron chi connectivity index (χ2n) is 8.43. The van der Waals surface area contributed by atoms with Crippen LogP contribution in [0.15, 0.2) is 48.5 Å². The first-order valence-electron chi connectivity index (χ1n) is 11.3. The molecule has 1 fully saturated rings. The molecule has 2 aliphatic rings. The monoisotopic (exact) mass is 421 g/mol. The van der Waals surface area contributed by atoms with Crippen LogP contribution in [0, 0.1) is 0 Å². The van der Waals surface area contributed by atoms with Gasteiger partial charge in [0.1, 0.15) is 5.41 Å². The molecule has 1 saturated heterocycles. The number of primary amides is 1. The average Bonchev–Trinajstić information content (AvgIpc) is 3.06. The second kappa shape index (κ2) is 9.10. The van der Waals surface area contributed by atoms with Gasteiger partial charge in [-0.1, -0.05) is 61.9 Å². The number of nitrogens with two attached hydrogens (primary N) is 1. The van der Waals surface area contributed by atoms with Crippen LogP contribution < -0.4 is 11.1 Å². The largest absolute Gasteiger partial charge is 0.430 e. The van der Waals surface area contributed by atoms with Crippen molar-refractivity contribution in [1.82, 2.24) is 10.2 Å². The summed E-state index contributed by atoms with van der Waals surface area (Å²) in [4.78, 5) is 26.8. The lowest BCUT2D eigenvalue weighted by Crippen LogP contribution is -2.51. The molecule has 0 radical (unpaired) electrons. The van der Waals surface area contributed by atoms with E-state index in [0.717, 1.165) is 67.4 Å². The molecule has 3 N–H and O–H groups in total. The Morgan fingerprint density at radius 2 is 1.74 bits per heavy atom. The van der Waals surface area contributed by atoms with Crippen molar-refractivity contribution in [2.45, 2.75) is 50.7 Å². The fourth-order valence-corrected chi connectivity index (χ4v) is 4.99. The van der Waals surface area contributed by atoms with E-state index in [4.69, 9.17) is 10.5 Å². The Kier molecular flexibility index (Phi) is 6.28. The van der Waals surface area contributed by atoms with Crippen LogP contribution in [0.3, 0.4) is 0 Å². The molecule has 1 aliphatic carbocycles. The summed E-state index contributed by atoms with van der Waals surface area (Å²) in [7, 11) is 0. The molecule has 1 atom stereocenters. The second-order valence-corrected chi connectivity index (χ2v) is 8.43. The average molecular weight is 422 g/mol. The standard InChI is InChI=1S/C25H31N3O3/c1-2-15-27-23(29)25(14-7-8-16-28-17-13-22(28)31-24(26)30)20-11-5-3-9-18(20)19-10-4-6-12-21(19)25/h3-6,9-12,22H,2,7-8,13-17H2,1H3,(H2,26,30)(H,27,29). The minimum absolute atomic E-state index is 0.0886. The van der Waals surface area contributed by atoms with Gasteiger partial charge in [0.15, 0.2) is 6.23 Å². The van der Waals surface area contributed by atoms with Gasteiger partial charge in [-0.25, -0.2) is 4.79 Å². The quantitative estimate of drug-likeness (QED) is 0.604. The minimum Gasteiger partial charge on any atom is -0.430 e. The summed E-state index contributed by atoms with van der Waals surface area (Å²) >= 11 is 0. The molecular formula is C25H31N3O3. The number of carbonyl (C=O) groups excluding carboxylic acids is 2. The number of nitrogens with zero attached hydrogens (tertiary/aromatic N) is 1. The van der Waals surface area contributed by atoms with Crippen LogP contribution in [0.1, 0.15) is 50.2 Å². The van der Waals surface area contributed by atoms with Crippen molar-refractivity contribution in [3.8, 4) is 11.1 Å². The van der Waals surface area contributed by atoms with Crippen LogP contribution in [-0.2, 0) is 14.9 Å². The van der Waals surface area contributed by atoms with E-state index in [2.05, 4.69) is 41.4 Å². The highest BCUT2D eigenvalue weighted by atomic mass is 16.6. The summed E-state index contributed by atoms with van der Waals surface area (Å²) in [6.07, 6.45) is 3.36. The molecule has 2 aromatic rings. The Morgan fingerprint density at radius 1 is 1.10 bits per heavy atom. The van der Waals surface area contributed by atoms with E-state index in [-0.39, 0.29) is 12.1 Å². The fourth-order valence-electron chi connectivity index (χ4n) is 4.99. The first-order valence-corrected chi connectivity index (χ1v) is 11.3. The van der Waals surface area contributed by atoms with Gasteiger partial charge in [-0.05, 0) is 41.5 Å². The van der Waals surface area contributed by atoms with Gasteiger partial charge in [-0.3, -0.25) is 9.69 Å². The number of unbranched alkanes of at least 4 members (excludes halogenated alkanes) is 1. The SMILES string of the molecule is CCCNC(=O)C1(CCCCN2CCC2OC(N)=O)c2ccccc2-c2ccccc21. The zero-order chi connectivity index (χ0) is 21.8. The highest BCUT2D eigenvalue weighted by Crippen LogP contribution is 2.51. The number of rotatable bonds is 9. The molecule has 0 saturated carbocycles. The molecule has 1 heterocycles. The Labute approximate surface area is 183 Å². The molecule has 6 nitrogen and oxygen atoms in total. The van der Waals surface area contributed by atoms with Gasteiger partial charge in [0.2, 0.25) is 5.91 Å². The van der Waals surface area contributed by atoms with E-state index in [9.17, 15) is 9.59 Å². The molecule has 2 aromatic carbocycles. The van der Waals surface area contributed by atoms with E-state index in [1.54, 1.807) is 0 Å². The molecule has 2 amide bonds. The van der Waals surface area contributed by atoms with Crippen molar-refractivity contribution in [2.24, 2.45) is 5.73 Å². The van der Waals surface area contributed by atoms with Crippen LogP contribution in [0.25, 0.3) is 11.1 Å². The number of likely N-dealkylation sites (tertiary alicyclic amines) is 1. The molecular weight excluding hydrogens is 390 g/mol. The van der Waals surface area contributed by atoms with E-state index in [1.807, 2.05) is 24.3 Å². The zero-order valence-corrected chi connectivity index (χ0v) is 18.1. The van der Waals surface area contributed by atoms with Gasteiger partial charge in [0, 0.05) is 26.1 Å². The van der Waals surface area contributed by atoms with Gasteiger partial charge in [-0.15, -0.1) is 0 Å². The van der Waals surface area contributed by atoms with Gasteiger partial charge in [0.25, 0.3) is 0 Å². The first-order chi connectivity index (χ1) is 15.1. The van der Waals surface area contributed by atoms with E-state index >= 15 is 0 Å². The minimum atomic E-state index is -0.722. The summed E-state index contributed by atoms with van der Waals surface area (Å²) in [6, 6.07) is 16.6. The molecule has 0 spiro atoms. The molecule has 6 heteroatoms. The number of nitrogens with one attached hydrogen (secondary N) is 1. The summed E-state index contributed by atoms with van der Waals surface area (Å²) < 4.78 is 5.13. The van der Waals surface area contributed by atoms with Crippen molar-refractivity contribution in [3.63, 3.8) is 0 Å². The Hall–Kier alpha value is -2.86. The van der Waals surface area contributed by atoms with Crippen molar-refractivity contribution >= 4 is 12.0 Å². The molecule has 0 bridgehead atoms. The van der Waals surface area contributed by atoms with E-state index < -0.39 is 11.5 Å². The predicted octanol–water partition coefficient (Wildman–Crippen LogP) is 3.78. The third kappa shape index (κ3) is 3.92. The normalized spacial score (nSPS) is 18.5. The molecule has 1 aliphatic heterocycles. The summed E-state index contributed by atoms with van der Waals surface area (Å²) in [5, 5.41) is 3.18. The van der Waals surface area contributed by atoms with E-state index in [1.165, 1.54) is 0 Å². The van der Waals surface area contributed by atoms with Crippen LogP contribution >= 0.6 is 0 Å². The third-order valence-corrected chi connectivity index (χ3v) is 6.56. The van der Waals surface area contributed by atoms with Crippen molar-refractivity contribution < 1.29 is 14.3 Å². The maximum atomic E-state index is 13.6. The lowest BCUT2D eigenvalue weighted by atomic mass is 9.73. The lowest BCUT2D eigenvalue weighted by molar-refractivity contribution is -0.125. The smallest absolute Gasteiger partial charge is 0.406 e. The summed E-state index contributed by atoms with van der Waals surface area (Å²) in [5.74, 6) is 0.0886. The number of amides is 2. The fraction of sp³-hybridized carbons (Fsp3) is 0.440. The Balaban J connectivity index is 1.55.